The lowest BCUT2D eigenvalue weighted by Crippen LogP contribution is -2.50. The lowest BCUT2D eigenvalue weighted by molar-refractivity contribution is -0.132. The van der Waals surface area contributed by atoms with Gasteiger partial charge in [-0.1, -0.05) is 12.8 Å². The molecular weight excluding hydrogens is 354 g/mol. The van der Waals surface area contributed by atoms with E-state index in [9.17, 15) is 4.79 Å². The van der Waals surface area contributed by atoms with Gasteiger partial charge in [0.2, 0.25) is 5.91 Å². The van der Waals surface area contributed by atoms with Gasteiger partial charge in [0.15, 0.2) is 11.6 Å². The summed E-state index contributed by atoms with van der Waals surface area (Å²) in [5.74, 6) is 1.89. The largest absolute Gasteiger partial charge is 0.353 e. The number of likely N-dealkylation sites (tertiary alicyclic amines) is 1. The van der Waals surface area contributed by atoms with Crippen molar-refractivity contribution in [2.75, 3.05) is 50.7 Å². The Labute approximate surface area is 166 Å². The summed E-state index contributed by atoms with van der Waals surface area (Å²) in [5.41, 5.74) is 0.955. The highest BCUT2D eigenvalue weighted by atomic mass is 16.2. The first-order valence-corrected chi connectivity index (χ1v) is 10.3. The highest BCUT2D eigenvalue weighted by Crippen LogP contribution is 2.15. The molecule has 0 radical (unpaired) electrons. The quantitative estimate of drug-likeness (QED) is 0.797. The van der Waals surface area contributed by atoms with Crippen molar-refractivity contribution in [2.45, 2.75) is 32.6 Å². The Balaban J connectivity index is 1.28. The summed E-state index contributed by atoms with van der Waals surface area (Å²) in [6, 6.07) is 5.89. The van der Waals surface area contributed by atoms with Crippen LogP contribution in [0.4, 0.5) is 5.82 Å². The number of nitrogens with zero attached hydrogens (tertiary/aromatic N) is 7. The summed E-state index contributed by atoms with van der Waals surface area (Å²) >= 11 is 0. The Bertz CT molecular complexity index is 772. The average molecular weight is 384 g/mol. The molecule has 8 heteroatoms. The van der Waals surface area contributed by atoms with Gasteiger partial charge in [-0.2, -0.15) is 5.10 Å². The van der Waals surface area contributed by atoms with E-state index in [4.69, 9.17) is 0 Å². The Kier molecular flexibility index (Phi) is 5.85. The fourth-order valence-corrected chi connectivity index (χ4v) is 3.90. The van der Waals surface area contributed by atoms with Crippen LogP contribution in [-0.4, -0.2) is 81.5 Å². The first-order chi connectivity index (χ1) is 13.7. The molecular formula is C20H29N7O. The number of carbonyl (C=O) groups is 1. The van der Waals surface area contributed by atoms with E-state index in [0.29, 0.717) is 6.54 Å². The molecule has 0 unspecified atom stereocenters. The number of anilines is 1. The zero-order chi connectivity index (χ0) is 19.3. The maximum Gasteiger partial charge on any atom is 0.236 e. The SMILES string of the molecule is Cc1ccn(-c2ccc(N3CCN(CC(=O)N4CCCCCC4)CC3)nn2)n1. The molecule has 0 aromatic carbocycles. The van der Waals surface area contributed by atoms with Gasteiger partial charge in [0.1, 0.15) is 0 Å². The Morgan fingerprint density at radius 2 is 1.57 bits per heavy atom. The summed E-state index contributed by atoms with van der Waals surface area (Å²) in [6.07, 6.45) is 6.68. The topological polar surface area (TPSA) is 70.4 Å². The molecule has 1 amide bonds. The van der Waals surface area contributed by atoms with Gasteiger partial charge in [-0.25, -0.2) is 4.68 Å². The molecule has 28 heavy (non-hydrogen) atoms. The van der Waals surface area contributed by atoms with Crippen molar-refractivity contribution in [1.82, 2.24) is 29.8 Å². The monoisotopic (exact) mass is 383 g/mol. The van der Waals surface area contributed by atoms with Crippen molar-refractivity contribution < 1.29 is 4.79 Å². The molecule has 8 nitrogen and oxygen atoms in total. The van der Waals surface area contributed by atoms with Gasteiger partial charge in [0.25, 0.3) is 0 Å². The van der Waals surface area contributed by atoms with Crippen LogP contribution in [0.1, 0.15) is 31.4 Å². The molecule has 2 fully saturated rings. The molecule has 2 aromatic rings. The Morgan fingerprint density at radius 3 is 2.18 bits per heavy atom. The molecule has 0 N–H and O–H groups in total. The third-order valence-corrected chi connectivity index (χ3v) is 5.61. The summed E-state index contributed by atoms with van der Waals surface area (Å²) in [7, 11) is 0. The van der Waals surface area contributed by atoms with E-state index in [1.54, 1.807) is 4.68 Å². The molecule has 150 valence electrons. The molecule has 2 aromatic heterocycles. The van der Waals surface area contributed by atoms with Crippen LogP contribution >= 0.6 is 0 Å². The number of hydrogen-bond donors (Lipinski definition) is 0. The molecule has 0 aliphatic carbocycles. The van der Waals surface area contributed by atoms with Crippen LogP contribution in [0, 0.1) is 6.92 Å². The van der Waals surface area contributed by atoms with E-state index < -0.39 is 0 Å². The first-order valence-electron chi connectivity index (χ1n) is 10.3. The zero-order valence-electron chi connectivity index (χ0n) is 16.6. The first kappa shape index (κ1) is 18.9. The number of amides is 1. The molecule has 0 atom stereocenters. The van der Waals surface area contributed by atoms with Gasteiger partial charge in [-0.05, 0) is 38.0 Å². The number of carbonyl (C=O) groups excluding carboxylic acids is 1. The minimum atomic E-state index is 0.286. The summed E-state index contributed by atoms with van der Waals surface area (Å²) in [6.45, 7) is 7.83. The average Bonchev–Trinajstić information content (AvgIpc) is 2.98. The van der Waals surface area contributed by atoms with Crippen LogP contribution in [-0.2, 0) is 4.79 Å². The van der Waals surface area contributed by atoms with E-state index >= 15 is 0 Å². The van der Waals surface area contributed by atoms with Crippen LogP contribution in [0.5, 0.6) is 0 Å². The standard InChI is InChI=1S/C20H29N7O/c1-17-8-11-27(23-17)19-7-6-18(21-22-19)25-14-12-24(13-15-25)16-20(28)26-9-4-2-3-5-10-26/h6-8,11H,2-5,9-10,12-16H2,1H3. The fourth-order valence-electron chi connectivity index (χ4n) is 3.90. The van der Waals surface area contributed by atoms with Crippen LogP contribution in [0.3, 0.4) is 0 Å². The summed E-state index contributed by atoms with van der Waals surface area (Å²) in [5, 5.41) is 13.1. The Morgan fingerprint density at radius 1 is 0.893 bits per heavy atom. The minimum Gasteiger partial charge on any atom is -0.353 e. The molecule has 2 aliphatic rings. The number of aromatic nitrogens is 4. The predicted octanol–water partition coefficient (Wildman–Crippen LogP) is 1.50. The fraction of sp³-hybridized carbons (Fsp3) is 0.600. The van der Waals surface area contributed by atoms with Gasteiger partial charge >= 0.3 is 0 Å². The van der Waals surface area contributed by atoms with E-state index in [-0.39, 0.29) is 5.91 Å². The van der Waals surface area contributed by atoms with Crippen LogP contribution in [0.25, 0.3) is 5.82 Å². The van der Waals surface area contributed by atoms with E-state index in [1.807, 2.05) is 31.3 Å². The molecule has 2 saturated heterocycles. The van der Waals surface area contributed by atoms with E-state index in [2.05, 4.69) is 30.0 Å². The third-order valence-electron chi connectivity index (χ3n) is 5.61. The van der Waals surface area contributed by atoms with Crippen LogP contribution in [0.2, 0.25) is 0 Å². The minimum absolute atomic E-state index is 0.286. The van der Waals surface area contributed by atoms with Crippen LogP contribution in [0.15, 0.2) is 24.4 Å². The highest BCUT2D eigenvalue weighted by Gasteiger charge is 2.23. The van der Waals surface area contributed by atoms with Gasteiger partial charge in [-0.3, -0.25) is 9.69 Å². The van der Waals surface area contributed by atoms with Crippen molar-refractivity contribution >= 4 is 11.7 Å². The molecule has 4 rings (SSSR count). The lowest BCUT2D eigenvalue weighted by Gasteiger charge is -2.35. The third kappa shape index (κ3) is 4.49. The van der Waals surface area contributed by atoms with Crippen molar-refractivity contribution in [1.29, 1.82) is 0 Å². The zero-order valence-corrected chi connectivity index (χ0v) is 16.6. The summed E-state index contributed by atoms with van der Waals surface area (Å²) in [4.78, 5) is 19.1. The van der Waals surface area contributed by atoms with Gasteiger partial charge in [0.05, 0.1) is 12.2 Å². The molecule has 0 bridgehead atoms. The van der Waals surface area contributed by atoms with Crippen LogP contribution < -0.4 is 4.90 Å². The maximum atomic E-state index is 12.6. The number of hydrogen-bond acceptors (Lipinski definition) is 6. The normalized spacial score (nSPS) is 18.9. The molecule has 2 aliphatic heterocycles. The molecule has 0 spiro atoms. The second-order valence-corrected chi connectivity index (χ2v) is 7.71. The van der Waals surface area contributed by atoms with Crippen molar-refractivity contribution in [2.24, 2.45) is 0 Å². The summed E-state index contributed by atoms with van der Waals surface area (Å²) < 4.78 is 1.73. The van der Waals surface area contributed by atoms with Gasteiger partial charge in [0, 0.05) is 45.5 Å². The number of aryl methyl sites for hydroxylation is 1. The van der Waals surface area contributed by atoms with Crippen molar-refractivity contribution in [3.8, 4) is 5.82 Å². The maximum absolute atomic E-state index is 12.6. The molecule has 0 saturated carbocycles. The van der Waals surface area contributed by atoms with E-state index in [1.165, 1.54) is 12.8 Å². The van der Waals surface area contributed by atoms with Gasteiger partial charge < -0.3 is 9.80 Å². The lowest BCUT2D eigenvalue weighted by atomic mass is 10.2. The second kappa shape index (κ2) is 8.68. The molecule has 4 heterocycles. The second-order valence-electron chi connectivity index (χ2n) is 7.71. The Hall–Kier alpha value is -2.48. The predicted molar refractivity (Wildman–Crippen MR) is 108 cm³/mol. The van der Waals surface area contributed by atoms with Crippen molar-refractivity contribution in [3.05, 3.63) is 30.1 Å². The highest BCUT2D eigenvalue weighted by molar-refractivity contribution is 5.78. The number of rotatable bonds is 4. The van der Waals surface area contributed by atoms with Gasteiger partial charge in [-0.15, -0.1) is 10.2 Å². The number of piperazine rings is 1. The van der Waals surface area contributed by atoms with E-state index in [0.717, 1.165) is 69.4 Å². The smallest absolute Gasteiger partial charge is 0.236 e. The van der Waals surface area contributed by atoms with Crippen molar-refractivity contribution in [3.63, 3.8) is 0 Å².